The number of hydrogen-bond acceptors (Lipinski definition) is 1. The molecular weight excluding hydrogens is 188 g/mol. The second-order valence-electron chi connectivity index (χ2n) is 3.72. The van der Waals surface area contributed by atoms with Crippen molar-refractivity contribution in [1.29, 1.82) is 0 Å². The molecule has 0 fully saturated rings. The van der Waals surface area contributed by atoms with E-state index in [-0.39, 0.29) is 0 Å². The molecule has 0 radical (unpaired) electrons. The van der Waals surface area contributed by atoms with E-state index < -0.39 is 0 Å². The molecule has 80 valence electrons. The van der Waals surface area contributed by atoms with Crippen LogP contribution >= 0.6 is 11.3 Å². The van der Waals surface area contributed by atoms with Crippen LogP contribution in [0, 0.1) is 6.92 Å². The van der Waals surface area contributed by atoms with Crippen molar-refractivity contribution in [1.82, 2.24) is 0 Å². The summed E-state index contributed by atoms with van der Waals surface area (Å²) in [4.78, 5) is 3.18. The molecule has 0 spiro atoms. The number of aryl methyl sites for hydroxylation is 3. The first-order valence-corrected chi connectivity index (χ1v) is 6.76. The summed E-state index contributed by atoms with van der Waals surface area (Å²) < 4.78 is 0. The molecule has 0 N–H and O–H groups in total. The van der Waals surface area contributed by atoms with E-state index in [2.05, 4.69) is 13.0 Å². The number of hydrogen-bond donors (Lipinski definition) is 0. The van der Waals surface area contributed by atoms with Gasteiger partial charge in [0.2, 0.25) is 0 Å². The third kappa shape index (κ3) is 3.13. The maximum Gasteiger partial charge on any atom is 0.00800 e. The monoisotopic (exact) mass is 210 g/mol. The van der Waals surface area contributed by atoms with Crippen LogP contribution in [-0.4, -0.2) is 0 Å². The lowest BCUT2D eigenvalue weighted by Gasteiger charge is -2.07. The molecule has 1 heteroatoms. The molecule has 2 rings (SSSR count). The zero-order chi connectivity index (χ0) is 10.4. The molecule has 1 aliphatic carbocycles. The van der Waals surface area contributed by atoms with Crippen LogP contribution in [-0.2, 0) is 12.8 Å². The van der Waals surface area contributed by atoms with Crippen LogP contribution in [0.25, 0.3) is 0 Å². The minimum absolute atomic E-state index is 1.33. The summed E-state index contributed by atoms with van der Waals surface area (Å²) in [5.41, 5.74) is 1.65. The molecule has 1 aromatic heterocycles. The van der Waals surface area contributed by atoms with Crippen LogP contribution in [0.2, 0.25) is 0 Å². The summed E-state index contributed by atoms with van der Waals surface area (Å²) in [7, 11) is 0. The fraction of sp³-hybridized carbons (Fsp3) is 0.692. The first kappa shape index (κ1) is 11.8. The van der Waals surface area contributed by atoms with Crippen molar-refractivity contribution in [2.24, 2.45) is 0 Å². The van der Waals surface area contributed by atoms with Gasteiger partial charge in [-0.15, -0.1) is 11.3 Å². The molecule has 0 atom stereocenters. The third-order valence-corrected chi connectivity index (χ3v) is 3.77. The van der Waals surface area contributed by atoms with E-state index in [1.807, 2.05) is 25.2 Å². The molecule has 0 unspecified atom stereocenters. The molecule has 1 aliphatic rings. The lowest BCUT2D eigenvalue weighted by Crippen LogP contribution is -1.94. The molecule has 0 saturated heterocycles. The molecule has 0 nitrogen and oxygen atoms in total. The minimum Gasteiger partial charge on any atom is -0.145 e. The summed E-state index contributed by atoms with van der Waals surface area (Å²) in [5, 5.41) is 0. The SMILES string of the molecule is CC.Cc1cc2c(s1)CCCCCC2. The highest BCUT2D eigenvalue weighted by Gasteiger charge is 2.08. The molecule has 0 saturated carbocycles. The van der Waals surface area contributed by atoms with Crippen LogP contribution < -0.4 is 0 Å². The van der Waals surface area contributed by atoms with Crippen molar-refractivity contribution in [3.05, 3.63) is 21.4 Å². The van der Waals surface area contributed by atoms with Crippen molar-refractivity contribution in [3.8, 4) is 0 Å². The normalized spacial score (nSPS) is 15.9. The van der Waals surface area contributed by atoms with Gasteiger partial charge in [-0.1, -0.05) is 26.7 Å². The largest absolute Gasteiger partial charge is 0.145 e. The van der Waals surface area contributed by atoms with Gasteiger partial charge in [0.25, 0.3) is 0 Å². The van der Waals surface area contributed by atoms with Gasteiger partial charge < -0.3 is 0 Å². The smallest absolute Gasteiger partial charge is 0.00800 e. The Hall–Kier alpha value is -0.300. The zero-order valence-electron chi connectivity index (χ0n) is 9.73. The quantitative estimate of drug-likeness (QED) is 0.580. The highest BCUT2D eigenvalue weighted by molar-refractivity contribution is 7.12. The fourth-order valence-electron chi connectivity index (χ4n) is 1.99. The topological polar surface area (TPSA) is 0 Å². The number of rotatable bonds is 0. The van der Waals surface area contributed by atoms with Gasteiger partial charge in [-0.3, -0.25) is 0 Å². The van der Waals surface area contributed by atoms with E-state index in [0.717, 1.165) is 0 Å². The van der Waals surface area contributed by atoms with Gasteiger partial charge in [-0.25, -0.2) is 0 Å². The number of thiophene rings is 1. The summed E-state index contributed by atoms with van der Waals surface area (Å²) in [5.74, 6) is 0. The van der Waals surface area contributed by atoms with E-state index in [9.17, 15) is 0 Å². The lowest BCUT2D eigenvalue weighted by atomic mass is 10.00. The van der Waals surface area contributed by atoms with Crippen LogP contribution in [0.4, 0.5) is 0 Å². The Morgan fingerprint density at radius 2 is 1.64 bits per heavy atom. The van der Waals surface area contributed by atoms with E-state index in [0.29, 0.717) is 0 Å². The van der Waals surface area contributed by atoms with Crippen molar-refractivity contribution >= 4 is 11.3 Å². The third-order valence-electron chi connectivity index (χ3n) is 2.62. The Balaban J connectivity index is 0.000000461. The Labute approximate surface area is 92.4 Å². The molecule has 0 aromatic carbocycles. The highest BCUT2D eigenvalue weighted by atomic mass is 32.1. The Bertz CT molecular complexity index is 235. The minimum atomic E-state index is 1.33. The summed E-state index contributed by atoms with van der Waals surface area (Å²) >= 11 is 2.01. The number of fused-ring (bicyclic) bond motifs is 1. The van der Waals surface area contributed by atoms with Gasteiger partial charge in [-0.05, 0) is 44.2 Å². The molecule has 1 aromatic rings. The Kier molecular flexibility index (Phi) is 5.24. The fourth-order valence-corrected chi connectivity index (χ4v) is 3.12. The van der Waals surface area contributed by atoms with Gasteiger partial charge >= 0.3 is 0 Å². The molecule has 0 amide bonds. The maximum absolute atomic E-state index is 2.39. The molecule has 1 heterocycles. The predicted octanol–water partition coefficient (Wildman–Crippen LogP) is 4.74. The van der Waals surface area contributed by atoms with E-state index >= 15 is 0 Å². The van der Waals surface area contributed by atoms with Crippen LogP contribution in [0.1, 0.15) is 54.8 Å². The van der Waals surface area contributed by atoms with Gasteiger partial charge in [0.1, 0.15) is 0 Å². The van der Waals surface area contributed by atoms with Crippen LogP contribution in [0.5, 0.6) is 0 Å². The van der Waals surface area contributed by atoms with Crippen molar-refractivity contribution in [3.63, 3.8) is 0 Å². The van der Waals surface area contributed by atoms with E-state index in [4.69, 9.17) is 0 Å². The van der Waals surface area contributed by atoms with Gasteiger partial charge in [0.15, 0.2) is 0 Å². The van der Waals surface area contributed by atoms with Crippen molar-refractivity contribution in [2.45, 2.75) is 59.3 Å². The first-order valence-electron chi connectivity index (χ1n) is 5.94. The molecular formula is C13H22S. The summed E-state index contributed by atoms with van der Waals surface area (Å²) in [6.07, 6.45) is 8.37. The zero-order valence-corrected chi connectivity index (χ0v) is 10.5. The second-order valence-corrected chi connectivity index (χ2v) is 5.06. The van der Waals surface area contributed by atoms with E-state index in [1.165, 1.54) is 43.4 Å². The highest BCUT2D eigenvalue weighted by Crippen LogP contribution is 2.27. The van der Waals surface area contributed by atoms with Crippen LogP contribution in [0.3, 0.4) is 0 Å². The predicted molar refractivity (Wildman–Crippen MR) is 66.3 cm³/mol. The van der Waals surface area contributed by atoms with Crippen molar-refractivity contribution in [2.75, 3.05) is 0 Å². The summed E-state index contributed by atoms with van der Waals surface area (Å²) in [6, 6.07) is 2.39. The Morgan fingerprint density at radius 3 is 2.36 bits per heavy atom. The maximum atomic E-state index is 2.39. The van der Waals surface area contributed by atoms with Crippen LogP contribution in [0.15, 0.2) is 6.07 Å². The average Bonchev–Trinajstić information content (AvgIpc) is 2.50. The van der Waals surface area contributed by atoms with E-state index in [1.54, 1.807) is 10.4 Å². The molecule has 0 bridgehead atoms. The van der Waals surface area contributed by atoms with Crippen molar-refractivity contribution < 1.29 is 0 Å². The molecule has 14 heavy (non-hydrogen) atoms. The standard InChI is InChI=1S/C11H16S.C2H6/c1-9-8-10-6-4-2-3-5-7-11(10)12-9;1-2/h8H,2-7H2,1H3;1-2H3. The average molecular weight is 210 g/mol. The van der Waals surface area contributed by atoms with Gasteiger partial charge in [0.05, 0.1) is 0 Å². The Morgan fingerprint density at radius 1 is 1.00 bits per heavy atom. The molecule has 0 aliphatic heterocycles. The van der Waals surface area contributed by atoms with Gasteiger partial charge in [0, 0.05) is 9.75 Å². The lowest BCUT2D eigenvalue weighted by molar-refractivity contribution is 0.622. The first-order chi connectivity index (χ1) is 6.86. The summed E-state index contributed by atoms with van der Waals surface area (Å²) in [6.45, 7) is 6.23. The second kappa shape index (κ2) is 6.23. The van der Waals surface area contributed by atoms with Gasteiger partial charge in [-0.2, -0.15) is 0 Å².